The van der Waals surface area contributed by atoms with Gasteiger partial charge in [0.1, 0.15) is 11.9 Å². The van der Waals surface area contributed by atoms with E-state index in [0.717, 1.165) is 43.5 Å². The Morgan fingerprint density at radius 3 is 3.15 bits per heavy atom. The smallest absolute Gasteiger partial charge is 0.415 e. The largest absolute Gasteiger partial charge is 0.444 e. The van der Waals surface area contributed by atoms with E-state index < -0.39 is 0 Å². The lowest BCUT2D eigenvalue weighted by Gasteiger charge is -2.16. The van der Waals surface area contributed by atoms with Crippen LogP contribution in [-0.4, -0.2) is 54.5 Å². The maximum absolute atomic E-state index is 14.1. The second-order valence-corrected chi connectivity index (χ2v) is 7.27. The minimum atomic E-state index is -0.350. The fraction of sp³-hybridized carbons (Fsp3) is 0.526. The second-order valence-electron chi connectivity index (χ2n) is 7.27. The number of rotatable bonds is 6. The van der Waals surface area contributed by atoms with Gasteiger partial charge in [0.25, 0.3) is 0 Å². The minimum absolute atomic E-state index is 0.145. The molecule has 3 heterocycles. The number of carbonyl (C=O) groups excluding carboxylic acids is 1. The normalized spacial score (nSPS) is 23.9. The Morgan fingerprint density at radius 1 is 1.44 bits per heavy atom. The number of cyclic esters (lactones) is 1. The molecule has 0 spiro atoms. The fourth-order valence-corrected chi connectivity index (χ4v) is 3.84. The van der Waals surface area contributed by atoms with Crippen LogP contribution < -0.4 is 10.6 Å². The van der Waals surface area contributed by atoms with E-state index in [1.807, 2.05) is 0 Å². The molecule has 1 aliphatic carbocycles. The number of carbonyl (C=O) groups is 1. The second kappa shape index (κ2) is 7.64. The Bertz CT molecular complexity index is 795. The molecule has 1 fully saturated rings. The summed E-state index contributed by atoms with van der Waals surface area (Å²) in [5.41, 5.74) is 2.33. The van der Waals surface area contributed by atoms with Crippen LogP contribution in [0.4, 0.5) is 9.18 Å². The summed E-state index contributed by atoms with van der Waals surface area (Å²) in [6, 6.07) is 0. The fourth-order valence-electron chi connectivity index (χ4n) is 3.84. The highest BCUT2D eigenvalue weighted by Gasteiger charge is 2.33. The SMILES string of the molecule is Cc1ncc2c(c1F)CC(CNCC[C@@H]1CN(C3=CNCC=N3)C(=O)O1)C2. The molecule has 0 bridgehead atoms. The zero-order chi connectivity index (χ0) is 18.8. The topological polar surface area (TPSA) is 78.9 Å². The third-order valence-electron chi connectivity index (χ3n) is 5.28. The van der Waals surface area contributed by atoms with Crippen LogP contribution in [0.25, 0.3) is 0 Å². The molecule has 2 N–H and O–H groups in total. The molecule has 2 aliphatic heterocycles. The molecule has 1 unspecified atom stereocenters. The van der Waals surface area contributed by atoms with Gasteiger partial charge in [-0.1, -0.05) is 0 Å². The number of hydrogen-bond donors (Lipinski definition) is 2. The number of aromatic nitrogens is 1. The molecule has 0 aromatic carbocycles. The summed E-state index contributed by atoms with van der Waals surface area (Å²) in [5.74, 6) is 0.826. The molecule has 4 rings (SSSR count). The Hall–Kier alpha value is -2.48. The van der Waals surface area contributed by atoms with Crippen molar-refractivity contribution in [1.29, 1.82) is 0 Å². The lowest BCUT2D eigenvalue weighted by molar-refractivity contribution is 0.130. The van der Waals surface area contributed by atoms with Gasteiger partial charge in [0.2, 0.25) is 0 Å². The minimum Gasteiger partial charge on any atom is -0.444 e. The molecule has 1 aromatic rings. The van der Waals surface area contributed by atoms with Crippen LogP contribution in [0.2, 0.25) is 0 Å². The van der Waals surface area contributed by atoms with Crippen molar-refractivity contribution < 1.29 is 13.9 Å². The van der Waals surface area contributed by atoms with Crippen LogP contribution in [0.1, 0.15) is 23.2 Å². The van der Waals surface area contributed by atoms with E-state index in [2.05, 4.69) is 20.6 Å². The van der Waals surface area contributed by atoms with Crippen LogP contribution in [-0.2, 0) is 17.6 Å². The molecule has 0 radical (unpaired) electrons. The molecule has 7 nitrogen and oxygen atoms in total. The molecule has 3 aliphatic rings. The Kier molecular flexibility index (Phi) is 5.07. The van der Waals surface area contributed by atoms with Gasteiger partial charge in [-0.3, -0.25) is 9.88 Å². The van der Waals surface area contributed by atoms with Crippen LogP contribution >= 0.6 is 0 Å². The van der Waals surface area contributed by atoms with E-state index in [0.29, 0.717) is 30.5 Å². The number of fused-ring (bicyclic) bond motifs is 1. The number of aryl methyl sites for hydroxylation is 1. The Balaban J connectivity index is 1.20. The summed E-state index contributed by atoms with van der Waals surface area (Å²) >= 11 is 0. The number of aliphatic imine (C=N–C) groups is 1. The molecule has 27 heavy (non-hydrogen) atoms. The van der Waals surface area contributed by atoms with Gasteiger partial charge < -0.3 is 15.4 Å². The van der Waals surface area contributed by atoms with Gasteiger partial charge >= 0.3 is 6.09 Å². The summed E-state index contributed by atoms with van der Waals surface area (Å²) in [6.45, 7) is 4.45. The van der Waals surface area contributed by atoms with Crippen molar-refractivity contribution in [2.24, 2.45) is 10.9 Å². The lowest BCUT2D eigenvalue weighted by atomic mass is 10.1. The molecular weight excluding hydrogens is 349 g/mol. The van der Waals surface area contributed by atoms with Crippen molar-refractivity contribution in [2.75, 3.05) is 26.2 Å². The molecular formula is C19H24FN5O2. The summed E-state index contributed by atoms with van der Waals surface area (Å²) in [5, 5.41) is 6.46. The monoisotopic (exact) mass is 373 g/mol. The van der Waals surface area contributed by atoms with Crippen LogP contribution in [0.5, 0.6) is 0 Å². The van der Waals surface area contributed by atoms with Gasteiger partial charge in [-0.25, -0.2) is 14.2 Å². The average Bonchev–Trinajstić information content (AvgIpc) is 3.26. The van der Waals surface area contributed by atoms with E-state index in [4.69, 9.17) is 4.74 Å². The van der Waals surface area contributed by atoms with Gasteiger partial charge in [-0.05, 0) is 56.3 Å². The predicted molar refractivity (Wildman–Crippen MR) is 98.9 cm³/mol. The van der Waals surface area contributed by atoms with E-state index in [1.165, 1.54) is 0 Å². The Morgan fingerprint density at radius 2 is 2.33 bits per heavy atom. The molecule has 8 heteroatoms. The number of pyridine rings is 1. The highest BCUT2D eigenvalue weighted by atomic mass is 19.1. The maximum Gasteiger partial charge on any atom is 0.415 e. The van der Waals surface area contributed by atoms with Crippen molar-refractivity contribution in [3.8, 4) is 0 Å². The zero-order valence-electron chi connectivity index (χ0n) is 15.4. The van der Waals surface area contributed by atoms with Crippen LogP contribution in [0.15, 0.2) is 23.2 Å². The average molecular weight is 373 g/mol. The standard InChI is InChI=1S/C19H24FN5O2/c1-12-18(20)16-7-13(6-14(16)9-24-12)8-21-3-2-15-11-25(19(26)27-15)17-10-22-4-5-23-17/h5,9-10,13,15,21-22H,2-4,6-8,11H2,1H3/t13?,15-/m1/s1. The predicted octanol–water partition coefficient (Wildman–Crippen LogP) is 1.52. The van der Waals surface area contributed by atoms with Gasteiger partial charge in [0, 0.05) is 25.2 Å². The third-order valence-corrected chi connectivity index (χ3v) is 5.28. The maximum atomic E-state index is 14.1. The molecule has 0 saturated carbocycles. The first-order valence-corrected chi connectivity index (χ1v) is 9.39. The van der Waals surface area contributed by atoms with Gasteiger partial charge in [-0.2, -0.15) is 0 Å². The summed E-state index contributed by atoms with van der Waals surface area (Å²) in [7, 11) is 0. The highest BCUT2D eigenvalue weighted by molar-refractivity contribution is 5.73. The molecule has 1 amide bonds. The number of amides is 1. The summed E-state index contributed by atoms with van der Waals surface area (Å²) in [6.07, 6.45) is 7.12. The van der Waals surface area contributed by atoms with E-state index in [-0.39, 0.29) is 18.0 Å². The number of nitrogens with zero attached hydrogens (tertiary/aromatic N) is 3. The van der Waals surface area contributed by atoms with Crippen molar-refractivity contribution in [1.82, 2.24) is 20.5 Å². The quantitative estimate of drug-likeness (QED) is 0.739. The van der Waals surface area contributed by atoms with Crippen molar-refractivity contribution in [3.05, 3.63) is 40.9 Å². The first-order valence-electron chi connectivity index (χ1n) is 9.39. The molecule has 1 saturated heterocycles. The third kappa shape index (κ3) is 3.80. The first kappa shape index (κ1) is 17.9. The first-order chi connectivity index (χ1) is 13.1. The van der Waals surface area contributed by atoms with Gasteiger partial charge in [0.15, 0.2) is 5.82 Å². The number of ether oxygens (including phenoxy) is 1. The van der Waals surface area contributed by atoms with Gasteiger partial charge in [-0.15, -0.1) is 0 Å². The number of nitrogens with one attached hydrogen (secondary N) is 2. The van der Waals surface area contributed by atoms with Crippen molar-refractivity contribution in [2.45, 2.75) is 32.3 Å². The van der Waals surface area contributed by atoms with Crippen LogP contribution in [0, 0.1) is 18.7 Å². The van der Waals surface area contributed by atoms with Crippen molar-refractivity contribution >= 4 is 12.3 Å². The summed E-state index contributed by atoms with van der Waals surface area (Å²) in [4.78, 5) is 21.9. The van der Waals surface area contributed by atoms with Crippen LogP contribution in [0.3, 0.4) is 0 Å². The van der Waals surface area contributed by atoms with E-state index >= 15 is 0 Å². The molecule has 144 valence electrons. The number of halogens is 1. The molecule has 2 atom stereocenters. The van der Waals surface area contributed by atoms with E-state index in [9.17, 15) is 9.18 Å². The highest BCUT2D eigenvalue weighted by Crippen LogP contribution is 2.29. The van der Waals surface area contributed by atoms with Crippen molar-refractivity contribution in [3.63, 3.8) is 0 Å². The van der Waals surface area contributed by atoms with E-state index in [1.54, 1.807) is 30.4 Å². The zero-order valence-corrected chi connectivity index (χ0v) is 15.4. The Labute approximate surface area is 157 Å². The lowest BCUT2D eigenvalue weighted by Crippen LogP contribution is -2.29. The molecule has 1 aromatic heterocycles. The summed E-state index contributed by atoms with van der Waals surface area (Å²) < 4.78 is 19.6. The number of hydrogen-bond acceptors (Lipinski definition) is 6. The van der Waals surface area contributed by atoms with Gasteiger partial charge in [0.05, 0.1) is 12.2 Å².